The summed E-state index contributed by atoms with van der Waals surface area (Å²) in [5, 5.41) is 10.1. The van der Waals surface area contributed by atoms with Crippen LogP contribution in [-0.2, 0) is 0 Å². The average molecular weight is 270 g/mol. The Labute approximate surface area is 121 Å². The number of aliphatic hydroxyl groups excluding tert-OH is 1. The standard InChI is InChI=1S/C18H22O2/c1-14(2)15-8-10-16(11-9-15)18(19)12-13-20-17-6-4-3-5-7-17/h3-11,14,18-19H,12-13H2,1-2H3. The van der Waals surface area contributed by atoms with Crippen LogP contribution in [0.25, 0.3) is 0 Å². The van der Waals surface area contributed by atoms with E-state index in [0.717, 1.165) is 11.3 Å². The van der Waals surface area contributed by atoms with Gasteiger partial charge in [-0.15, -0.1) is 0 Å². The highest BCUT2D eigenvalue weighted by atomic mass is 16.5. The fourth-order valence-corrected chi connectivity index (χ4v) is 2.07. The van der Waals surface area contributed by atoms with Crippen LogP contribution in [0.15, 0.2) is 54.6 Å². The minimum Gasteiger partial charge on any atom is -0.493 e. The van der Waals surface area contributed by atoms with Gasteiger partial charge in [-0.2, -0.15) is 0 Å². The summed E-state index contributed by atoms with van der Waals surface area (Å²) in [6.45, 7) is 4.84. The van der Waals surface area contributed by atoms with Crippen LogP contribution < -0.4 is 4.74 Å². The maximum atomic E-state index is 10.1. The minimum absolute atomic E-state index is 0.472. The topological polar surface area (TPSA) is 29.5 Å². The summed E-state index contributed by atoms with van der Waals surface area (Å²) in [5.41, 5.74) is 2.24. The molecule has 2 aromatic rings. The first-order chi connectivity index (χ1) is 9.66. The molecule has 106 valence electrons. The SMILES string of the molecule is CC(C)c1ccc(C(O)CCOc2ccccc2)cc1. The van der Waals surface area contributed by atoms with Gasteiger partial charge in [-0.25, -0.2) is 0 Å². The van der Waals surface area contributed by atoms with Crippen molar-refractivity contribution in [2.75, 3.05) is 6.61 Å². The molecule has 1 N–H and O–H groups in total. The maximum Gasteiger partial charge on any atom is 0.119 e. The van der Waals surface area contributed by atoms with E-state index >= 15 is 0 Å². The average Bonchev–Trinajstić information content (AvgIpc) is 2.48. The normalized spacial score (nSPS) is 12.4. The van der Waals surface area contributed by atoms with Crippen molar-refractivity contribution >= 4 is 0 Å². The molecule has 2 rings (SSSR count). The Morgan fingerprint density at radius 3 is 2.10 bits per heavy atom. The first kappa shape index (κ1) is 14.6. The van der Waals surface area contributed by atoms with E-state index in [1.165, 1.54) is 5.56 Å². The molecular weight excluding hydrogens is 248 g/mol. The number of hydrogen-bond acceptors (Lipinski definition) is 2. The van der Waals surface area contributed by atoms with Crippen LogP contribution in [0.4, 0.5) is 0 Å². The van der Waals surface area contributed by atoms with Gasteiger partial charge in [0.25, 0.3) is 0 Å². The van der Waals surface area contributed by atoms with E-state index in [1.807, 2.05) is 42.5 Å². The number of benzene rings is 2. The number of rotatable bonds is 6. The van der Waals surface area contributed by atoms with Crippen molar-refractivity contribution in [3.63, 3.8) is 0 Å². The van der Waals surface area contributed by atoms with Crippen molar-refractivity contribution in [3.8, 4) is 5.75 Å². The molecule has 0 amide bonds. The lowest BCUT2D eigenvalue weighted by Crippen LogP contribution is -2.05. The van der Waals surface area contributed by atoms with E-state index in [0.29, 0.717) is 18.9 Å². The number of hydrogen-bond donors (Lipinski definition) is 1. The third-order valence-corrected chi connectivity index (χ3v) is 3.39. The fraction of sp³-hybridized carbons (Fsp3) is 0.333. The Morgan fingerprint density at radius 1 is 0.900 bits per heavy atom. The summed E-state index contributed by atoms with van der Waals surface area (Å²) < 4.78 is 5.60. The minimum atomic E-state index is -0.472. The Hall–Kier alpha value is -1.80. The second-order valence-corrected chi connectivity index (χ2v) is 5.29. The summed E-state index contributed by atoms with van der Waals surface area (Å²) in [4.78, 5) is 0. The van der Waals surface area contributed by atoms with Crippen LogP contribution in [0.1, 0.15) is 43.4 Å². The van der Waals surface area contributed by atoms with Gasteiger partial charge < -0.3 is 9.84 Å². The first-order valence-corrected chi connectivity index (χ1v) is 7.12. The molecular formula is C18H22O2. The smallest absolute Gasteiger partial charge is 0.119 e. The van der Waals surface area contributed by atoms with Crippen molar-refractivity contribution < 1.29 is 9.84 Å². The monoisotopic (exact) mass is 270 g/mol. The summed E-state index contributed by atoms with van der Waals surface area (Å²) in [6.07, 6.45) is 0.121. The molecule has 2 heteroatoms. The molecule has 2 nitrogen and oxygen atoms in total. The molecule has 0 fully saturated rings. The van der Waals surface area contributed by atoms with Gasteiger partial charge in [0.05, 0.1) is 12.7 Å². The zero-order chi connectivity index (χ0) is 14.4. The number of ether oxygens (including phenoxy) is 1. The van der Waals surface area contributed by atoms with Crippen LogP contribution in [0, 0.1) is 0 Å². The highest BCUT2D eigenvalue weighted by Gasteiger charge is 2.08. The van der Waals surface area contributed by atoms with E-state index < -0.39 is 6.10 Å². The van der Waals surface area contributed by atoms with Gasteiger partial charge >= 0.3 is 0 Å². The Kier molecular flexibility index (Phi) is 5.19. The molecule has 0 spiro atoms. The zero-order valence-corrected chi connectivity index (χ0v) is 12.1. The van der Waals surface area contributed by atoms with Crippen molar-refractivity contribution in [2.24, 2.45) is 0 Å². The second kappa shape index (κ2) is 7.11. The fourth-order valence-electron chi connectivity index (χ4n) is 2.07. The van der Waals surface area contributed by atoms with Gasteiger partial charge in [-0.1, -0.05) is 56.3 Å². The van der Waals surface area contributed by atoms with Crippen LogP contribution in [0.2, 0.25) is 0 Å². The quantitative estimate of drug-likeness (QED) is 0.847. The summed E-state index contributed by atoms with van der Waals surface area (Å²) >= 11 is 0. The van der Waals surface area contributed by atoms with Gasteiger partial charge in [0, 0.05) is 6.42 Å². The van der Waals surface area contributed by atoms with Gasteiger partial charge in [-0.3, -0.25) is 0 Å². The van der Waals surface area contributed by atoms with E-state index in [9.17, 15) is 5.11 Å². The van der Waals surface area contributed by atoms with Gasteiger partial charge in [0.15, 0.2) is 0 Å². The molecule has 0 aliphatic heterocycles. The zero-order valence-electron chi connectivity index (χ0n) is 12.1. The molecule has 0 heterocycles. The lowest BCUT2D eigenvalue weighted by molar-refractivity contribution is 0.141. The van der Waals surface area contributed by atoms with Crippen molar-refractivity contribution in [2.45, 2.75) is 32.3 Å². The second-order valence-electron chi connectivity index (χ2n) is 5.29. The lowest BCUT2D eigenvalue weighted by atomic mass is 9.99. The Bertz CT molecular complexity index is 503. The van der Waals surface area contributed by atoms with E-state index in [1.54, 1.807) is 0 Å². The molecule has 0 radical (unpaired) electrons. The highest BCUT2D eigenvalue weighted by Crippen LogP contribution is 2.21. The van der Waals surface area contributed by atoms with Crippen molar-refractivity contribution in [3.05, 3.63) is 65.7 Å². The molecule has 0 bridgehead atoms. The van der Waals surface area contributed by atoms with Crippen LogP contribution in [0.5, 0.6) is 5.75 Å². The van der Waals surface area contributed by atoms with Gasteiger partial charge in [0.1, 0.15) is 5.75 Å². The molecule has 2 aromatic carbocycles. The molecule has 0 aliphatic carbocycles. The third-order valence-electron chi connectivity index (χ3n) is 3.39. The predicted octanol–water partition coefficient (Wildman–Crippen LogP) is 4.31. The molecule has 1 atom stereocenters. The van der Waals surface area contributed by atoms with Gasteiger partial charge in [0.2, 0.25) is 0 Å². The van der Waals surface area contributed by atoms with Crippen molar-refractivity contribution in [1.82, 2.24) is 0 Å². The third kappa shape index (κ3) is 4.10. The maximum absolute atomic E-state index is 10.1. The number of aliphatic hydroxyl groups is 1. The Balaban J connectivity index is 1.84. The van der Waals surface area contributed by atoms with E-state index in [2.05, 4.69) is 26.0 Å². The van der Waals surface area contributed by atoms with Crippen LogP contribution in [0.3, 0.4) is 0 Å². The predicted molar refractivity (Wildman–Crippen MR) is 82.0 cm³/mol. The van der Waals surface area contributed by atoms with E-state index in [-0.39, 0.29) is 0 Å². The first-order valence-electron chi connectivity index (χ1n) is 7.12. The van der Waals surface area contributed by atoms with Crippen LogP contribution in [-0.4, -0.2) is 11.7 Å². The van der Waals surface area contributed by atoms with Crippen LogP contribution >= 0.6 is 0 Å². The number of para-hydroxylation sites is 1. The summed E-state index contributed by atoms with van der Waals surface area (Å²) in [7, 11) is 0. The van der Waals surface area contributed by atoms with Gasteiger partial charge in [-0.05, 0) is 29.2 Å². The van der Waals surface area contributed by atoms with Crippen molar-refractivity contribution in [1.29, 1.82) is 0 Å². The molecule has 0 saturated heterocycles. The summed E-state index contributed by atoms with van der Waals surface area (Å²) in [6, 6.07) is 17.9. The lowest BCUT2D eigenvalue weighted by Gasteiger charge is -2.13. The van der Waals surface area contributed by atoms with E-state index in [4.69, 9.17) is 4.74 Å². The Morgan fingerprint density at radius 2 is 1.50 bits per heavy atom. The molecule has 0 saturated carbocycles. The molecule has 0 aromatic heterocycles. The molecule has 1 unspecified atom stereocenters. The summed E-state index contributed by atoms with van der Waals surface area (Å²) in [5.74, 6) is 1.36. The molecule has 20 heavy (non-hydrogen) atoms. The molecule has 0 aliphatic rings. The highest BCUT2D eigenvalue weighted by molar-refractivity contribution is 5.26. The largest absolute Gasteiger partial charge is 0.493 e.